The molecule has 2 unspecified atom stereocenters. The number of carbonyl (C=O) groups excluding carboxylic acids is 1. The van der Waals surface area contributed by atoms with Crippen LogP contribution in [0.5, 0.6) is 0 Å². The Bertz CT molecular complexity index is 377. The molecule has 2 atom stereocenters. The molecular weight excluding hydrogens is 208 g/mol. The molecule has 6 nitrogen and oxygen atoms in total. The Morgan fingerprint density at radius 3 is 3.00 bits per heavy atom. The number of hydrogen-bond acceptors (Lipinski definition) is 4. The first-order chi connectivity index (χ1) is 7.70. The molecule has 1 amide bonds. The van der Waals surface area contributed by atoms with Gasteiger partial charge in [-0.1, -0.05) is 0 Å². The average Bonchev–Trinajstić information content (AvgIpc) is 2.86. The monoisotopic (exact) mass is 224 g/mol. The van der Waals surface area contributed by atoms with Crippen LogP contribution in [0.25, 0.3) is 0 Å². The fourth-order valence-corrected chi connectivity index (χ4v) is 2.05. The maximum Gasteiger partial charge on any atom is 0.291 e. The first-order valence-corrected chi connectivity index (χ1v) is 5.43. The van der Waals surface area contributed by atoms with Crippen molar-refractivity contribution in [2.45, 2.75) is 38.3 Å². The third kappa shape index (κ3) is 2.21. The maximum atomic E-state index is 11.8. The lowest BCUT2D eigenvalue weighted by molar-refractivity contribution is 0.0716. The van der Waals surface area contributed by atoms with Gasteiger partial charge in [0.15, 0.2) is 0 Å². The van der Waals surface area contributed by atoms with Gasteiger partial charge >= 0.3 is 0 Å². The Kier molecular flexibility index (Phi) is 3.19. The predicted molar refractivity (Wildman–Crippen MR) is 57.0 cm³/mol. The van der Waals surface area contributed by atoms with Crippen molar-refractivity contribution >= 4 is 5.91 Å². The van der Waals surface area contributed by atoms with Gasteiger partial charge in [0.2, 0.25) is 5.82 Å². The van der Waals surface area contributed by atoms with E-state index in [-0.39, 0.29) is 23.9 Å². The number of aromatic amines is 1. The SMILES string of the molecule is COC1CCCC1NC(=O)c1n[nH]c(C)n1. The number of carbonyl (C=O) groups is 1. The molecule has 88 valence electrons. The molecule has 0 aliphatic heterocycles. The summed E-state index contributed by atoms with van der Waals surface area (Å²) in [6, 6.07) is 0.0799. The van der Waals surface area contributed by atoms with Crippen LogP contribution in [0.15, 0.2) is 0 Å². The number of aryl methyl sites for hydroxylation is 1. The van der Waals surface area contributed by atoms with Gasteiger partial charge in [-0.3, -0.25) is 9.89 Å². The third-order valence-electron chi connectivity index (χ3n) is 2.87. The molecule has 0 saturated heterocycles. The molecule has 1 heterocycles. The zero-order valence-corrected chi connectivity index (χ0v) is 9.49. The molecule has 1 aliphatic rings. The highest BCUT2D eigenvalue weighted by Gasteiger charge is 2.29. The predicted octanol–water partition coefficient (Wildman–Crippen LogP) is 0.410. The minimum Gasteiger partial charge on any atom is -0.379 e. The van der Waals surface area contributed by atoms with Crippen molar-refractivity contribution in [3.8, 4) is 0 Å². The van der Waals surface area contributed by atoms with Gasteiger partial charge in [0, 0.05) is 7.11 Å². The van der Waals surface area contributed by atoms with E-state index in [0.29, 0.717) is 5.82 Å². The second-order valence-electron chi connectivity index (χ2n) is 4.03. The van der Waals surface area contributed by atoms with Crippen molar-refractivity contribution in [2.24, 2.45) is 0 Å². The minimum absolute atomic E-state index is 0.0799. The number of aromatic nitrogens is 3. The first-order valence-electron chi connectivity index (χ1n) is 5.43. The lowest BCUT2D eigenvalue weighted by atomic mass is 10.2. The topological polar surface area (TPSA) is 79.9 Å². The molecule has 1 fully saturated rings. The number of nitrogens with zero attached hydrogens (tertiary/aromatic N) is 2. The number of H-pyrrole nitrogens is 1. The fraction of sp³-hybridized carbons (Fsp3) is 0.700. The van der Waals surface area contributed by atoms with E-state index in [4.69, 9.17) is 4.74 Å². The van der Waals surface area contributed by atoms with Gasteiger partial charge < -0.3 is 10.1 Å². The van der Waals surface area contributed by atoms with Crippen LogP contribution in [0, 0.1) is 6.92 Å². The highest BCUT2D eigenvalue weighted by atomic mass is 16.5. The summed E-state index contributed by atoms with van der Waals surface area (Å²) in [4.78, 5) is 15.7. The molecule has 2 N–H and O–H groups in total. The van der Waals surface area contributed by atoms with Gasteiger partial charge in [0.25, 0.3) is 5.91 Å². The normalized spacial score (nSPS) is 24.6. The maximum absolute atomic E-state index is 11.8. The van der Waals surface area contributed by atoms with Crippen molar-refractivity contribution in [3.05, 3.63) is 11.6 Å². The third-order valence-corrected chi connectivity index (χ3v) is 2.87. The smallest absolute Gasteiger partial charge is 0.291 e. The summed E-state index contributed by atoms with van der Waals surface area (Å²) in [6.07, 6.45) is 3.14. The van der Waals surface area contributed by atoms with Gasteiger partial charge in [-0.25, -0.2) is 4.98 Å². The molecular formula is C10H16N4O2. The van der Waals surface area contributed by atoms with E-state index in [1.807, 2.05) is 0 Å². The van der Waals surface area contributed by atoms with Crippen LogP contribution in [-0.2, 0) is 4.74 Å². The van der Waals surface area contributed by atoms with E-state index in [1.165, 1.54) is 0 Å². The molecule has 0 aromatic carbocycles. The van der Waals surface area contributed by atoms with Gasteiger partial charge in [0.1, 0.15) is 5.82 Å². The number of ether oxygens (including phenoxy) is 1. The summed E-state index contributed by atoms with van der Waals surface area (Å²) in [6.45, 7) is 1.76. The van der Waals surface area contributed by atoms with Crippen molar-refractivity contribution in [1.82, 2.24) is 20.5 Å². The first kappa shape index (κ1) is 11.1. The second kappa shape index (κ2) is 4.61. The van der Waals surface area contributed by atoms with E-state index in [1.54, 1.807) is 14.0 Å². The summed E-state index contributed by atoms with van der Waals surface area (Å²) >= 11 is 0. The van der Waals surface area contributed by atoms with Crippen LogP contribution in [0.4, 0.5) is 0 Å². The summed E-state index contributed by atoms with van der Waals surface area (Å²) < 4.78 is 5.30. The van der Waals surface area contributed by atoms with Gasteiger partial charge in [0.05, 0.1) is 12.1 Å². The summed E-state index contributed by atoms with van der Waals surface area (Å²) in [5.41, 5.74) is 0. The van der Waals surface area contributed by atoms with Gasteiger partial charge in [-0.2, -0.15) is 0 Å². The van der Waals surface area contributed by atoms with E-state index < -0.39 is 0 Å². The molecule has 1 aliphatic carbocycles. The number of nitrogens with one attached hydrogen (secondary N) is 2. The van der Waals surface area contributed by atoms with Gasteiger partial charge in [-0.15, -0.1) is 5.10 Å². The second-order valence-corrected chi connectivity index (χ2v) is 4.03. The molecule has 16 heavy (non-hydrogen) atoms. The molecule has 1 saturated carbocycles. The lowest BCUT2D eigenvalue weighted by Gasteiger charge is -2.18. The van der Waals surface area contributed by atoms with Crippen LogP contribution in [-0.4, -0.2) is 40.3 Å². The molecule has 1 aromatic rings. The van der Waals surface area contributed by atoms with E-state index >= 15 is 0 Å². The van der Waals surface area contributed by atoms with Crippen molar-refractivity contribution < 1.29 is 9.53 Å². The molecule has 0 spiro atoms. The Labute approximate surface area is 93.8 Å². The van der Waals surface area contributed by atoms with E-state index in [2.05, 4.69) is 20.5 Å². The largest absolute Gasteiger partial charge is 0.379 e. The van der Waals surface area contributed by atoms with Crippen LogP contribution >= 0.6 is 0 Å². The van der Waals surface area contributed by atoms with Gasteiger partial charge in [-0.05, 0) is 26.2 Å². The molecule has 1 aromatic heterocycles. The fourth-order valence-electron chi connectivity index (χ4n) is 2.05. The summed E-state index contributed by atoms with van der Waals surface area (Å²) in [7, 11) is 1.67. The Morgan fingerprint density at radius 1 is 1.56 bits per heavy atom. The highest BCUT2D eigenvalue weighted by molar-refractivity contribution is 5.90. The minimum atomic E-state index is -0.238. The van der Waals surface area contributed by atoms with E-state index in [9.17, 15) is 4.79 Å². The number of amides is 1. The number of hydrogen-bond donors (Lipinski definition) is 2. The van der Waals surface area contributed by atoms with Crippen LogP contribution in [0.2, 0.25) is 0 Å². The molecule has 0 bridgehead atoms. The van der Waals surface area contributed by atoms with Crippen LogP contribution in [0.3, 0.4) is 0 Å². The molecule has 6 heteroatoms. The zero-order chi connectivity index (χ0) is 11.5. The summed E-state index contributed by atoms with van der Waals surface area (Å²) in [5.74, 6) is 0.595. The Balaban J connectivity index is 1.97. The van der Waals surface area contributed by atoms with Crippen molar-refractivity contribution in [1.29, 1.82) is 0 Å². The van der Waals surface area contributed by atoms with E-state index in [0.717, 1.165) is 19.3 Å². The van der Waals surface area contributed by atoms with Crippen LogP contribution in [0.1, 0.15) is 35.7 Å². The highest BCUT2D eigenvalue weighted by Crippen LogP contribution is 2.21. The van der Waals surface area contributed by atoms with Crippen molar-refractivity contribution in [2.75, 3.05) is 7.11 Å². The number of methoxy groups -OCH3 is 1. The lowest BCUT2D eigenvalue weighted by Crippen LogP contribution is -2.41. The zero-order valence-electron chi connectivity index (χ0n) is 9.49. The average molecular weight is 224 g/mol. The Morgan fingerprint density at radius 2 is 2.38 bits per heavy atom. The molecule has 0 radical (unpaired) electrons. The van der Waals surface area contributed by atoms with Crippen LogP contribution < -0.4 is 5.32 Å². The summed E-state index contributed by atoms with van der Waals surface area (Å²) in [5, 5.41) is 9.37. The Hall–Kier alpha value is -1.43. The number of rotatable bonds is 3. The van der Waals surface area contributed by atoms with Crippen molar-refractivity contribution in [3.63, 3.8) is 0 Å². The standard InChI is InChI=1S/C10H16N4O2/c1-6-11-9(14-13-6)10(15)12-7-4-3-5-8(7)16-2/h7-8H,3-5H2,1-2H3,(H,12,15)(H,11,13,14). The molecule has 2 rings (SSSR count). The quantitative estimate of drug-likeness (QED) is 0.779.